The fourth-order valence-corrected chi connectivity index (χ4v) is 7.60. The van der Waals surface area contributed by atoms with Gasteiger partial charge in [-0.15, -0.1) is 0 Å². The van der Waals surface area contributed by atoms with E-state index in [1.807, 2.05) is 6.07 Å². The second kappa shape index (κ2) is 8.23. The first-order valence-electron chi connectivity index (χ1n) is 11.0. The van der Waals surface area contributed by atoms with Gasteiger partial charge in [0.1, 0.15) is 17.1 Å². The van der Waals surface area contributed by atoms with Gasteiger partial charge in [0.15, 0.2) is 0 Å². The molecule has 0 amide bonds. The molecule has 156 valence electrons. The van der Waals surface area contributed by atoms with Crippen LogP contribution in [0.2, 0.25) is 19.1 Å². The smallest absolute Gasteiger partial charge is 0.127 e. The number of hydrogen-bond acceptors (Lipinski definition) is 3. The van der Waals surface area contributed by atoms with Crippen LogP contribution in [0.1, 0.15) is 70.8 Å². The van der Waals surface area contributed by atoms with Crippen LogP contribution < -0.4 is 9.92 Å². The maximum atomic E-state index is 11.0. The predicted octanol–water partition coefficient (Wildman–Crippen LogP) is 5.47. The first-order valence-corrected chi connectivity index (χ1v) is 14.3. The minimum absolute atomic E-state index is 0.108. The number of phenolic OH excluding ortho intramolecular Hbond substituents is 1. The fourth-order valence-electron chi connectivity index (χ4n) is 5.12. The van der Waals surface area contributed by atoms with Crippen LogP contribution in [0, 0.1) is 5.92 Å². The summed E-state index contributed by atoms with van der Waals surface area (Å²) in [6.07, 6.45) is 9.00. The largest absolute Gasteiger partial charge is 0.508 e. The highest BCUT2D eigenvalue weighted by Crippen LogP contribution is 2.53. The summed E-state index contributed by atoms with van der Waals surface area (Å²) >= 11 is 0. The van der Waals surface area contributed by atoms with Gasteiger partial charge in [-0.2, -0.15) is 0 Å². The number of aliphatic hydroxyl groups is 1. The van der Waals surface area contributed by atoms with E-state index in [1.54, 1.807) is 0 Å². The molecule has 0 bridgehead atoms. The molecule has 1 aliphatic heterocycles. The molecule has 2 atom stereocenters. The summed E-state index contributed by atoms with van der Waals surface area (Å²) in [6, 6.07) is 5.51. The van der Waals surface area contributed by atoms with Gasteiger partial charge in [0.25, 0.3) is 0 Å². The van der Waals surface area contributed by atoms with Crippen LogP contribution >= 0.6 is 0 Å². The molecule has 28 heavy (non-hydrogen) atoms. The number of allylic oxidation sites excluding steroid dienone is 1. The van der Waals surface area contributed by atoms with Gasteiger partial charge >= 0.3 is 0 Å². The summed E-state index contributed by atoms with van der Waals surface area (Å²) in [6.45, 7) is 11.5. The Bertz CT molecular complexity index is 736. The van der Waals surface area contributed by atoms with E-state index in [1.165, 1.54) is 36.9 Å². The summed E-state index contributed by atoms with van der Waals surface area (Å²) in [7, 11) is -1.62. The average molecular weight is 403 g/mol. The van der Waals surface area contributed by atoms with Crippen LogP contribution in [0.25, 0.3) is 0 Å². The first-order chi connectivity index (χ1) is 13.2. The Labute approximate surface area is 171 Å². The van der Waals surface area contributed by atoms with Crippen molar-refractivity contribution < 1.29 is 14.9 Å². The van der Waals surface area contributed by atoms with Gasteiger partial charge in [0.2, 0.25) is 0 Å². The Balaban J connectivity index is 1.93. The van der Waals surface area contributed by atoms with Crippen molar-refractivity contribution in [3.63, 3.8) is 0 Å². The Kier molecular flexibility index (Phi) is 6.31. The van der Waals surface area contributed by atoms with Crippen molar-refractivity contribution >= 4 is 13.3 Å². The van der Waals surface area contributed by atoms with Crippen molar-refractivity contribution in [2.75, 3.05) is 6.61 Å². The Morgan fingerprint density at radius 3 is 2.61 bits per heavy atom. The predicted molar refractivity (Wildman–Crippen MR) is 120 cm³/mol. The van der Waals surface area contributed by atoms with Crippen molar-refractivity contribution in [2.24, 2.45) is 5.92 Å². The van der Waals surface area contributed by atoms with E-state index in [9.17, 15) is 10.2 Å². The lowest BCUT2D eigenvalue weighted by molar-refractivity contribution is 0.00693. The number of benzene rings is 1. The van der Waals surface area contributed by atoms with Gasteiger partial charge < -0.3 is 14.9 Å². The Hall–Kier alpha value is -1.26. The number of aliphatic hydroxyl groups excluding tert-OH is 1. The second-order valence-corrected chi connectivity index (χ2v) is 14.8. The molecular weight excluding hydrogens is 364 g/mol. The first kappa shape index (κ1) is 21.4. The lowest BCUT2D eigenvalue weighted by Crippen LogP contribution is -2.47. The van der Waals surface area contributed by atoms with Crippen LogP contribution in [0.3, 0.4) is 0 Å². The Morgan fingerprint density at radius 2 is 1.93 bits per heavy atom. The minimum Gasteiger partial charge on any atom is -0.508 e. The molecule has 3 rings (SSSR count). The van der Waals surface area contributed by atoms with Crippen molar-refractivity contribution in [3.8, 4) is 11.5 Å². The summed E-state index contributed by atoms with van der Waals surface area (Å²) in [5, 5.41) is 22.0. The van der Waals surface area contributed by atoms with Gasteiger partial charge in [0.05, 0.1) is 14.7 Å². The zero-order valence-electron chi connectivity index (χ0n) is 18.3. The van der Waals surface area contributed by atoms with Gasteiger partial charge in [-0.1, -0.05) is 63.0 Å². The maximum absolute atomic E-state index is 11.0. The van der Waals surface area contributed by atoms with Crippen LogP contribution in [0.5, 0.6) is 11.5 Å². The zero-order valence-corrected chi connectivity index (χ0v) is 19.3. The quantitative estimate of drug-likeness (QED) is 0.361. The summed E-state index contributed by atoms with van der Waals surface area (Å²) in [4.78, 5) is 0. The highest BCUT2D eigenvalue weighted by atomic mass is 28.3. The number of fused-ring (bicyclic) bond motifs is 3. The molecule has 3 nitrogen and oxygen atoms in total. The zero-order chi connectivity index (χ0) is 20.5. The topological polar surface area (TPSA) is 49.7 Å². The fraction of sp³-hybridized carbons (Fsp3) is 0.667. The number of phenols is 1. The minimum atomic E-state index is -1.62. The molecule has 4 heteroatoms. The Morgan fingerprint density at radius 1 is 1.18 bits per heavy atom. The van der Waals surface area contributed by atoms with Crippen LogP contribution in [-0.2, 0) is 0 Å². The molecule has 2 N–H and O–H groups in total. The molecule has 0 radical (unpaired) electrons. The molecule has 0 saturated carbocycles. The molecular formula is C24H38O3Si. The van der Waals surface area contributed by atoms with Crippen molar-refractivity contribution in [3.05, 3.63) is 29.3 Å². The number of hydrogen-bond donors (Lipinski definition) is 2. The summed E-state index contributed by atoms with van der Waals surface area (Å²) in [5.41, 5.74) is 1.77. The molecule has 0 unspecified atom stereocenters. The van der Waals surface area contributed by atoms with Crippen molar-refractivity contribution in [2.45, 2.75) is 90.0 Å². The van der Waals surface area contributed by atoms with E-state index in [0.717, 1.165) is 29.7 Å². The van der Waals surface area contributed by atoms with E-state index >= 15 is 0 Å². The second-order valence-electron chi connectivity index (χ2n) is 9.98. The van der Waals surface area contributed by atoms with Crippen molar-refractivity contribution in [1.82, 2.24) is 0 Å². The highest BCUT2D eigenvalue weighted by molar-refractivity contribution is 6.89. The third-order valence-corrected chi connectivity index (χ3v) is 10.5. The summed E-state index contributed by atoms with van der Waals surface area (Å²) in [5.74, 6) is 1.81. The van der Waals surface area contributed by atoms with Crippen LogP contribution in [0.4, 0.5) is 0 Å². The molecule has 1 heterocycles. The van der Waals surface area contributed by atoms with Crippen molar-refractivity contribution in [1.29, 1.82) is 0 Å². The SMILES string of the molecule is CCCCCC[Si](C)(C)c1cc(O)c2c(c1)OC(C)(C)[C@@H]1CC=C(CO)C[C@@H]21. The van der Waals surface area contributed by atoms with Crippen LogP contribution in [0.15, 0.2) is 23.8 Å². The van der Waals surface area contributed by atoms with E-state index in [2.05, 4.69) is 46.0 Å². The van der Waals surface area contributed by atoms with Gasteiger partial charge in [-0.25, -0.2) is 0 Å². The molecule has 0 saturated heterocycles. The molecule has 0 aromatic heterocycles. The molecule has 2 aliphatic rings. The molecule has 0 spiro atoms. The molecule has 0 fully saturated rings. The third-order valence-electron chi connectivity index (χ3n) is 7.03. The van der Waals surface area contributed by atoms with E-state index < -0.39 is 8.07 Å². The number of unbranched alkanes of at least 4 members (excludes halogenated alkanes) is 3. The van der Waals surface area contributed by atoms with Gasteiger partial charge in [0, 0.05) is 17.4 Å². The van der Waals surface area contributed by atoms with E-state index in [4.69, 9.17) is 4.74 Å². The highest BCUT2D eigenvalue weighted by Gasteiger charge is 2.46. The van der Waals surface area contributed by atoms with Crippen LogP contribution in [-0.4, -0.2) is 30.5 Å². The monoisotopic (exact) mass is 402 g/mol. The van der Waals surface area contributed by atoms with Gasteiger partial charge in [-0.05, 0) is 44.4 Å². The third kappa shape index (κ3) is 4.18. The average Bonchev–Trinajstić information content (AvgIpc) is 2.63. The number of aromatic hydroxyl groups is 1. The summed E-state index contributed by atoms with van der Waals surface area (Å²) < 4.78 is 6.49. The normalized spacial score (nSPS) is 23.4. The van der Waals surface area contributed by atoms with E-state index in [-0.39, 0.29) is 18.1 Å². The number of rotatable bonds is 7. The molecule has 1 aromatic carbocycles. The lowest BCUT2D eigenvalue weighted by Gasteiger charge is -2.47. The number of ether oxygens (including phenoxy) is 1. The van der Waals surface area contributed by atoms with E-state index in [0.29, 0.717) is 11.7 Å². The maximum Gasteiger partial charge on any atom is 0.127 e. The lowest BCUT2D eigenvalue weighted by atomic mass is 9.67. The molecule has 1 aliphatic carbocycles. The standard InChI is InChI=1S/C24H38O3Si/c1-6-7-8-9-12-28(4,5)18-14-21(26)23-19-13-17(16-25)10-11-20(19)24(2,3)27-22(23)15-18/h10,14-15,19-20,25-26H,6-9,11-13,16H2,1-5H3/t19-,20-/m1/s1. The molecule has 1 aromatic rings. The van der Waals surface area contributed by atoms with Gasteiger partial charge in [-0.3, -0.25) is 0 Å².